The van der Waals surface area contributed by atoms with Crippen LogP contribution in [0, 0.1) is 23.0 Å². The van der Waals surface area contributed by atoms with Crippen molar-refractivity contribution in [2.45, 2.75) is 6.42 Å². The van der Waals surface area contributed by atoms with Crippen LogP contribution in [0.3, 0.4) is 0 Å². The van der Waals surface area contributed by atoms with E-state index in [9.17, 15) is 8.78 Å². The summed E-state index contributed by atoms with van der Waals surface area (Å²) < 4.78 is 26.0. The third-order valence-corrected chi connectivity index (χ3v) is 3.04. The van der Waals surface area contributed by atoms with Crippen molar-refractivity contribution >= 4 is 11.0 Å². The Morgan fingerprint density at radius 1 is 1.15 bits per heavy atom. The van der Waals surface area contributed by atoms with E-state index in [4.69, 9.17) is 5.26 Å². The molecule has 3 nitrogen and oxygen atoms in total. The van der Waals surface area contributed by atoms with Crippen molar-refractivity contribution in [1.82, 2.24) is 9.97 Å². The summed E-state index contributed by atoms with van der Waals surface area (Å²) in [7, 11) is 0. The molecule has 0 saturated heterocycles. The maximum absolute atomic E-state index is 13.2. The zero-order chi connectivity index (χ0) is 14.1. The number of aromatic nitrogens is 2. The third kappa shape index (κ3) is 2.12. The van der Waals surface area contributed by atoms with Crippen LogP contribution in [0.4, 0.5) is 8.78 Å². The van der Waals surface area contributed by atoms with E-state index < -0.39 is 11.6 Å². The summed E-state index contributed by atoms with van der Waals surface area (Å²) in [5, 5.41) is 9.01. The predicted octanol–water partition coefficient (Wildman–Crippen LogP) is 3.30. The molecule has 5 heteroatoms. The number of imidazole rings is 1. The van der Waals surface area contributed by atoms with Crippen LogP contribution in [0.25, 0.3) is 11.0 Å². The minimum absolute atomic E-state index is 0.344. The molecule has 98 valence electrons. The topological polar surface area (TPSA) is 52.5 Å². The van der Waals surface area contributed by atoms with Gasteiger partial charge in [0.05, 0.1) is 11.1 Å². The van der Waals surface area contributed by atoms with E-state index in [-0.39, 0.29) is 0 Å². The summed E-state index contributed by atoms with van der Waals surface area (Å²) >= 11 is 0. The van der Waals surface area contributed by atoms with Gasteiger partial charge in [-0.1, -0.05) is 12.1 Å². The van der Waals surface area contributed by atoms with Gasteiger partial charge in [0, 0.05) is 6.42 Å². The lowest BCUT2D eigenvalue weighted by Crippen LogP contribution is -1.93. The van der Waals surface area contributed by atoms with Crippen LogP contribution in [0.2, 0.25) is 0 Å². The van der Waals surface area contributed by atoms with Gasteiger partial charge in [0.25, 0.3) is 0 Å². The van der Waals surface area contributed by atoms with Gasteiger partial charge in [0.15, 0.2) is 11.6 Å². The number of benzene rings is 2. The Balaban J connectivity index is 1.99. The molecule has 0 aliphatic heterocycles. The Labute approximate surface area is 113 Å². The number of nitrogens with one attached hydrogen (secondary N) is 1. The molecule has 1 heterocycles. The first-order chi connectivity index (χ1) is 9.67. The largest absolute Gasteiger partial charge is 0.342 e. The maximum atomic E-state index is 13.2. The van der Waals surface area contributed by atoms with Crippen molar-refractivity contribution in [3.8, 4) is 6.07 Å². The number of nitrogens with zero attached hydrogens (tertiary/aromatic N) is 2. The average molecular weight is 269 g/mol. The fourth-order valence-electron chi connectivity index (χ4n) is 2.10. The van der Waals surface area contributed by atoms with E-state index in [1.807, 2.05) is 6.07 Å². The van der Waals surface area contributed by atoms with Gasteiger partial charge in [0.2, 0.25) is 0 Å². The van der Waals surface area contributed by atoms with Gasteiger partial charge in [-0.25, -0.2) is 13.8 Å². The molecular formula is C15H9F2N3. The second-order valence-electron chi connectivity index (χ2n) is 4.42. The lowest BCUT2D eigenvalue weighted by atomic mass is 10.1. The molecule has 20 heavy (non-hydrogen) atoms. The number of hydrogen-bond acceptors (Lipinski definition) is 2. The Bertz CT molecular complexity index is 831. The van der Waals surface area contributed by atoms with Crippen LogP contribution in [0.15, 0.2) is 36.4 Å². The number of H-pyrrole nitrogens is 1. The van der Waals surface area contributed by atoms with Crippen molar-refractivity contribution in [3.05, 3.63) is 65.0 Å². The number of para-hydroxylation sites is 1. The molecule has 0 aliphatic carbocycles. The van der Waals surface area contributed by atoms with E-state index in [0.29, 0.717) is 28.9 Å². The standard InChI is InChI=1S/C15H9F2N3/c16-11-5-4-9(6-12(11)17)7-14-19-13-3-1-2-10(8-18)15(13)20-14/h1-6H,7H2,(H,19,20). The van der Waals surface area contributed by atoms with E-state index in [0.717, 1.165) is 17.6 Å². The van der Waals surface area contributed by atoms with E-state index in [1.54, 1.807) is 12.1 Å². The molecule has 0 spiro atoms. The number of hydrogen-bond donors (Lipinski definition) is 1. The van der Waals surface area contributed by atoms with Crippen molar-refractivity contribution in [1.29, 1.82) is 5.26 Å². The molecule has 0 atom stereocenters. The highest BCUT2D eigenvalue weighted by molar-refractivity contribution is 5.81. The van der Waals surface area contributed by atoms with Gasteiger partial charge in [-0.2, -0.15) is 5.26 Å². The Hall–Kier alpha value is -2.74. The molecule has 0 fully saturated rings. The van der Waals surface area contributed by atoms with Gasteiger partial charge < -0.3 is 4.98 Å². The monoisotopic (exact) mass is 269 g/mol. The maximum Gasteiger partial charge on any atom is 0.159 e. The Kier molecular flexibility index (Phi) is 2.92. The molecular weight excluding hydrogens is 260 g/mol. The molecule has 0 aliphatic rings. The molecule has 3 aromatic rings. The Morgan fingerprint density at radius 3 is 2.75 bits per heavy atom. The summed E-state index contributed by atoms with van der Waals surface area (Å²) in [5.74, 6) is -1.14. The van der Waals surface area contributed by atoms with Crippen molar-refractivity contribution in [3.63, 3.8) is 0 Å². The fraction of sp³-hybridized carbons (Fsp3) is 0.0667. The lowest BCUT2D eigenvalue weighted by Gasteiger charge is -1.99. The molecule has 1 aromatic heterocycles. The highest BCUT2D eigenvalue weighted by Crippen LogP contribution is 2.18. The van der Waals surface area contributed by atoms with Gasteiger partial charge >= 0.3 is 0 Å². The first-order valence-electron chi connectivity index (χ1n) is 5.99. The number of fused-ring (bicyclic) bond motifs is 1. The van der Waals surface area contributed by atoms with Crippen LogP contribution < -0.4 is 0 Å². The zero-order valence-corrected chi connectivity index (χ0v) is 10.3. The van der Waals surface area contributed by atoms with Crippen LogP contribution in [-0.2, 0) is 6.42 Å². The van der Waals surface area contributed by atoms with Crippen LogP contribution in [-0.4, -0.2) is 9.97 Å². The quantitative estimate of drug-likeness (QED) is 0.776. The SMILES string of the molecule is N#Cc1cccc2[nH]c(Cc3ccc(F)c(F)c3)nc12. The summed E-state index contributed by atoms with van der Waals surface area (Å²) in [4.78, 5) is 7.41. The van der Waals surface area contributed by atoms with Gasteiger partial charge in [-0.3, -0.25) is 0 Å². The number of nitriles is 1. The molecule has 1 N–H and O–H groups in total. The smallest absolute Gasteiger partial charge is 0.159 e. The third-order valence-electron chi connectivity index (χ3n) is 3.04. The number of rotatable bonds is 2. The summed E-state index contributed by atoms with van der Waals surface area (Å²) in [6.07, 6.45) is 0.344. The molecule has 0 radical (unpaired) electrons. The van der Waals surface area contributed by atoms with Crippen LogP contribution in [0.1, 0.15) is 17.0 Å². The zero-order valence-electron chi connectivity index (χ0n) is 10.3. The highest BCUT2D eigenvalue weighted by atomic mass is 19.2. The van der Waals surface area contributed by atoms with E-state index >= 15 is 0 Å². The normalized spacial score (nSPS) is 10.7. The van der Waals surface area contributed by atoms with Crippen molar-refractivity contribution < 1.29 is 8.78 Å². The molecule has 2 aromatic carbocycles. The average Bonchev–Trinajstić information content (AvgIpc) is 2.85. The summed E-state index contributed by atoms with van der Waals surface area (Å²) in [5.41, 5.74) is 2.44. The Morgan fingerprint density at radius 2 is 2.00 bits per heavy atom. The minimum atomic E-state index is -0.878. The molecule has 0 bridgehead atoms. The number of halogens is 2. The first kappa shape index (κ1) is 12.3. The van der Waals surface area contributed by atoms with E-state index in [1.165, 1.54) is 6.07 Å². The van der Waals surface area contributed by atoms with Crippen LogP contribution in [0.5, 0.6) is 0 Å². The summed E-state index contributed by atoms with van der Waals surface area (Å²) in [6, 6.07) is 11.1. The second kappa shape index (κ2) is 4.74. The molecule has 3 rings (SSSR count). The van der Waals surface area contributed by atoms with Gasteiger partial charge in [-0.15, -0.1) is 0 Å². The second-order valence-corrected chi connectivity index (χ2v) is 4.42. The molecule has 0 amide bonds. The van der Waals surface area contributed by atoms with Gasteiger partial charge in [0.1, 0.15) is 17.4 Å². The predicted molar refractivity (Wildman–Crippen MR) is 70.0 cm³/mol. The van der Waals surface area contributed by atoms with Crippen molar-refractivity contribution in [2.75, 3.05) is 0 Å². The summed E-state index contributed by atoms with van der Waals surface area (Å²) in [6.45, 7) is 0. The molecule has 0 unspecified atom stereocenters. The highest BCUT2D eigenvalue weighted by Gasteiger charge is 2.09. The lowest BCUT2D eigenvalue weighted by molar-refractivity contribution is 0.507. The number of aromatic amines is 1. The van der Waals surface area contributed by atoms with Crippen molar-refractivity contribution in [2.24, 2.45) is 0 Å². The first-order valence-corrected chi connectivity index (χ1v) is 5.99. The minimum Gasteiger partial charge on any atom is -0.342 e. The van der Waals surface area contributed by atoms with Crippen LogP contribution >= 0.6 is 0 Å². The van der Waals surface area contributed by atoms with Gasteiger partial charge in [-0.05, 0) is 29.8 Å². The fourth-order valence-corrected chi connectivity index (χ4v) is 2.10. The molecule has 0 saturated carbocycles. The van der Waals surface area contributed by atoms with E-state index in [2.05, 4.69) is 16.0 Å².